The molecule has 104 valence electrons. The summed E-state index contributed by atoms with van der Waals surface area (Å²) in [7, 11) is 6.05. The van der Waals surface area contributed by atoms with E-state index in [1.807, 2.05) is 25.4 Å². The maximum atomic E-state index is 13.9. The first kappa shape index (κ1) is 14.2. The Kier molecular flexibility index (Phi) is 4.70. The molecule has 1 unspecified atom stereocenters. The van der Waals surface area contributed by atoms with Crippen LogP contribution in [0.25, 0.3) is 0 Å². The van der Waals surface area contributed by atoms with E-state index < -0.39 is 0 Å². The van der Waals surface area contributed by atoms with Crippen molar-refractivity contribution in [2.24, 2.45) is 10.9 Å². The summed E-state index contributed by atoms with van der Waals surface area (Å²) >= 11 is 0. The highest BCUT2D eigenvalue weighted by Gasteiger charge is 2.32. The standard InChI is InChI=1S/C16H23FN2/c1-18-11-13-10-12(8-9-16(13)19(2)3)14-6-4-5-7-15(14)17/h4-7,11-13,16H,8-10H2,1-3H3/b18-11+/t12-,13?,16+/m1/s1. The summed E-state index contributed by atoms with van der Waals surface area (Å²) in [5, 5.41) is 0. The van der Waals surface area contributed by atoms with E-state index in [-0.39, 0.29) is 5.82 Å². The Bertz CT molecular complexity index is 442. The van der Waals surface area contributed by atoms with Crippen molar-refractivity contribution < 1.29 is 4.39 Å². The van der Waals surface area contributed by atoms with Gasteiger partial charge in [0.05, 0.1) is 0 Å². The van der Waals surface area contributed by atoms with Crippen LogP contribution in [0.2, 0.25) is 0 Å². The molecule has 2 nitrogen and oxygen atoms in total. The minimum absolute atomic E-state index is 0.0667. The summed E-state index contributed by atoms with van der Waals surface area (Å²) in [5.74, 6) is 0.668. The lowest BCUT2D eigenvalue weighted by Crippen LogP contribution is -2.40. The van der Waals surface area contributed by atoms with E-state index in [1.165, 1.54) is 0 Å². The van der Waals surface area contributed by atoms with Crippen molar-refractivity contribution in [3.8, 4) is 0 Å². The van der Waals surface area contributed by atoms with Gasteiger partial charge >= 0.3 is 0 Å². The predicted octanol–water partition coefficient (Wildman–Crippen LogP) is 3.34. The van der Waals surface area contributed by atoms with E-state index in [2.05, 4.69) is 24.0 Å². The lowest BCUT2D eigenvalue weighted by Gasteiger charge is -2.38. The zero-order valence-electron chi connectivity index (χ0n) is 12.0. The molecule has 19 heavy (non-hydrogen) atoms. The Hall–Kier alpha value is -1.22. The molecule has 0 radical (unpaired) electrons. The zero-order chi connectivity index (χ0) is 13.8. The Morgan fingerprint density at radius 2 is 2.00 bits per heavy atom. The molecular formula is C16H23FN2. The molecule has 0 aliphatic heterocycles. The van der Waals surface area contributed by atoms with Crippen LogP contribution in [0.3, 0.4) is 0 Å². The minimum atomic E-state index is -0.0667. The Labute approximate surface area is 115 Å². The van der Waals surface area contributed by atoms with Gasteiger partial charge in [-0.25, -0.2) is 4.39 Å². The van der Waals surface area contributed by atoms with Gasteiger partial charge in [0, 0.05) is 25.2 Å². The highest BCUT2D eigenvalue weighted by atomic mass is 19.1. The monoisotopic (exact) mass is 262 g/mol. The molecule has 0 N–H and O–H groups in total. The van der Waals surface area contributed by atoms with E-state index in [1.54, 1.807) is 12.1 Å². The van der Waals surface area contributed by atoms with Crippen LogP contribution >= 0.6 is 0 Å². The molecule has 3 heteroatoms. The quantitative estimate of drug-likeness (QED) is 0.763. The summed E-state index contributed by atoms with van der Waals surface area (Å²) in [6.45, 7) is 0. The topological polar surface area (TPSA) is 15.6 Å². The Balaban J connectivity index is 2.17. The molecule has 1 aromatic rings. The van der Waals surface area contributed by atoms with Crippen LogP contribution in [0, 0.1) is 11.7 Å². The Morgan fingerprint density at radius 3 is 2.63 bits per heavy atom. The molecular weight excluding hydrogens is 239 g/mol. The summed E-state index contributed by atoms with van der Waals surface area (Å²) in [6, 6.07) is 7.70. The van der Waals surface area contributed by atoms with Gasteiger partial charge in [0.15, 0.2) is 0 Å². The van der Waals surface area contributed by atoms with E-state index in [0.29, 0.717) is 17.9 Å². The molecule has 0 aromatic heterocycles. The summed E-state index contributed by atoms with van der Waals surface area (Å²) in [6.07, 6.45) is 5.18. The molecule has 0 amide bonds. The predicted molar refractivity (Wildman–Crippen MR) is 78.4 cm³/mol. The number of aliphatic imine (C=N–C) groups is 1. The van der Waals surface area contributed by atoms with Crippen LogP contribution < -0.4 is 0 Å². The second-order valence-corrected chi connectivity index (χ2v) is 5.63. The van der Waals surface area contributed by atoms with Crippen molar-refractivity contribution in [3.05, 3.63) is 35.6 Å². The van der Waals surface area contributed by atoms with Gasteiger partial charge in [-0.05, 0) is 50.9 Å². The van der Waals surface area contributed by atoms with Crippen LogP contribution in [0.5, 0.6) is 0 Å². The van der Waals surface area contributed by atoms with Crippen LogP contribution in [-0.2, 0) is 0 Å². The third-order valence-corrected chi connectivity index (χ3v) is 4.21. The first-order valence-corrected chi connectivity index (χ1v) is 6.96. The first-order valence-electron chi connectivity index (χ1n) is 6.96. The van der Waals surface area contributed by atoms with Crippen molar-refractivity contribution in [3.63, 3.8) is 0 Å². The SMILES string of the molecule is C/N=C/C1C[C@H](c2ccccc2F)CC[C@@H]1N(C)C. The minimum Gasteiger partial charge on any atom is -0.306 e. The molecule has 0 saturated heterocycles. The Morgan fingerprint density at radius 1 is 1.26 bits per heavy atom. The average molecular weight is 262 g/mol. The third kappa shape index (κ3) is 3.21. The molecule has 0 spiro atoms. The van der Waals surface area contributed by atoms with Gasteiger partial charge in [0.25, 0.3) is 0 Å². The van der Waals surface area contributed by atoms with Crippen molar-refractivity contribution >= 4 is 6.21 Å². The van der Waals surface area contributed by atoms with Crippen LogP contribution in [0.15, 0.2) is 29.3 Å². The van der Waals surface area contributed by atoms with Crippen LogP contribution in [0.4, 0.5) is 4.39 Å². The average Bonchev–Trinajstić information content (AvgIpc) is 2.39. The van der Waals surface area contributed by atoms with Gasteiger partial charge in [-0.3, -0.25) is 0 Å². The molecule has 1 fully saturated rings. The lowest BCUT2D eigenvalue weighted by molar-refractivity contribution is 0.183. The molecule has 1 aromatic carbocycles. The summed E-state index contributed by atoms with van der Waals surface area (Å²) in [5.41, 5.74) is 0.870. The zero-order valence-corrected chi connectivity index (χ0v) is 12.0. The summed E-state index contributed by atoms with van der Waals surface area (Å²) in [4.78, 5) is 6.46. The molecule has 1 saturated carbocycles. The maximum absolute atomic E-state index is 13.9. The van der Waals surface area contributed by atoms with Gasteiger partial charge in [-0.2, -0.15) is 0 Å². The maximum Gasteiger partial charge on any atom is 0.126 e. The lowest BCUT2D eigenvalue weighted by atomic mass is 9.75. The van der Waals surface area contributed by atoms with Crippen LogP contribution in [-0.4, -0.2) is 38.3 Å². The van der Waals surface area contributed by atoms with Crippen molar-refractivity contribution in [1.29, 1.82) is 0 Å². The molecule has 3 atom stereocenters. The second-order valence-electron chi connectivity index (χ2n) is 5.63. The van der Waals surface area contributed by atoms with Crippen molar-refractivity contribution in [2.75, 3.05) is 21.1 Å². The largest absolute Gasteiger partial charge is 0.306 e. The fourth-order valence-corrected chi connectivity index (χ4v) is 3.27. The van der Waals surface area contributed by atoms with E-state index in [4.69, 9.17) is 0 Å². The fourth-order valence-electron chi connectivity index (χ4n) is 3.27. The normalized spacial score (nSPS) is 28.2. The summed E-state index contributed by atoms with van der Waals surface area (Å²) < 4.78 is 13.9. The molecule has 0 heterocycles. The number of hydrogen-bond donors (Lipinski definition) is 0. The molecule has 1 aliphatic carbocycles. The number of halogens is 1. The van der Waals surface area contributed by atoms with Gasteiger partial charge in [-0.1, -0.05) is 18.2 Å². The third-order valence-electron chi connectivity index (χ3n) is 4.21. The first-order chi connectivity index (χ1) is 9.13. The number of hydrogen-bond acceptors (Lipinski definition) is 2. The second kappa shape index (κ2) is 6.29. The van der Waals surface area contributed by atoms with Gasteiger partial charge in [-0.15, -0.1) is 0 Å². The highest BCUT2D eigenvalue weighted by molar-refractivity contribution is 5.62. The highest BCUT2D eigenvalue weighted by Crippen LogP contribution is 2.38. The molecule has 1 aliphatic rings. The molecule has 2 rings (SSSR count). The van der Waals surface area contributed by atoms with Crippen molar-refractivity contribution in [1.82, 2.24) is 4.90 Å². The van der Waals surface area contributed by atoms with E-state index in [9.17, 15) is 4.39 Å². The number of rotatable bonds is 3. The number of benzene rings is 1. The van der Waals surface area contributed by atoms with E-state index >= 15 is 0 Å². The van der Waals surface area contributed by atoms with Gasteiger partial charge in [0.1, 0.15) is 5.82 Å². The van der Waals surface area contributed by atoms with Crippen LogP contribution in [0.1, 0.15) is 30.7 Å². The van der Waals surface area contributed by atoms with Crippen molar-refractivity contribution in [2.45, 2.75) is 31.2 Å². The fraction of sp³-hybridized carbons (Fsp3) is 0.562. The smallest absolute Gasteiger partial charge is 0.126 e. The number of nitrogens with zero attached hydrogens (tertiary/aromatic N) is 2. The molecule has 0 bridgehead atoms. The van der Waals surface area contributed by atoms with E-state index in [0.717, 1.165) is 24.8 Å². The van der Waals surface area contributed by atoms with Gasteiger partial charge in [0.2, 0.25) is 0 Å². The van der Waals surface area contributed by atoms with Gasteiger partial charge < -0.3 is 9.89 Å².